The first-order valence-corrected chi connectivity index (χ1v) is 4.51. The van der Waals surface area contributed by atoms with E-state index in [4.69, 9.17) is 5.53 Å². The van der Waals surface area contributed by atoms with Crippen LogP contribution in [0, 0.1) is 0 Å². The lowest BCUT2D eigenvalue weighted by Crippen LogP contribution is -1.88. The van der Waals surface area contributed by atoms with Gasteiger partial charge >= 0.3 is 0 Å². The van der Waals surface area contributed by atoms with E-state index in [2.05, 4.69) is 26.0 Å². The zero-order chi connectivity index (χ0) is 9.68. The van der Waals surface area contributed by atoms with Gasteiger partial charge in [0, 0.05) is 15.9 Å². The molecular formula is C8H8BrN3O. The SMILES string of the molecule is [N-]=[N+]=NCCc1ccc(Br)cc1O. The van der Waals surface area contributed by atoms with Gasteiger partial charge in [0.05, 0.1) is 0 Å². The number of azide groups is 1. The van der Waals surface area contributed by atoms with E-state index >= 15 is 0 Å². The lowest BCUT2D eigenvalue weighted by atomic mass is 10.1. The molecule has 0 radical (unpaired) electrons. The molecule has 1 aromatic carbocycles. The van der Waals surface area contributed by atoms with Crippen LogP contribution in [0.1, 0.15) is 5.56 Å². The maximum atomic E-state index is 9.43. The van der Waals surface area contributed by atoms with Crippen LogP contribution in [-0.4, -0.2) is 11.7 Å². The Morgan fingerprint density at radius 3 is 2.92 bits per heavy atom. The Labute approximate surface area is 84.0 Å². The molecule has 1 rings (SSSR count). The lowest BCUT2D eigenvalue weighted by molar-refractivity contribution is 0.468. The van der Waals surface area contributed by atoms with E-state index in [1.54, 1.807) is 12.1 Å². The average molecular weight is 242 g/mol. The second kappa shape index (κ2) is 4.74. The van der Waals surface area contributed by atoms with Crippen molar-refractivity contribution in [1.82, 2.24) is 0 Å². The molecule has 0 aliphatic carbocycles. The van der Waals surface area contributed by atoms with Crippen LogP contribution in [0.5, 0.6) is 5.75 Å². The summed E-state index contributed by atoms with van der Waals surface area (Å²) in [6.45, 7) is 0.367. The molecule has 68 valence electrons. The lowest BCUT2D eigenvalue weighted by Gasteiger charge is -2.01. The molecular weight excluding hydrogens is 234 g/mol. The molecule has 0 bridgehead atoms. The van der Waals surface area contributed by atoms with Crippen LogP contribution in [-0.2, 0) is 6.42 Å². The molecule has 4 nitrogen and oxygen atoms in total. The molecule has 0 saturated heterocycles. The van der Waals surface area contributed by atoms with Crippen LogP contribution in [0.3, 0.4) is 0 Å². The van der Waals surface area contributed by atoms with Gasteiger partial charge in [-0.15, -0.1) is 0 Å². The van der Waals surface area contributed by atoms with E-state index in [0.717, 1.165) is 10.0 Å². The van der Waals surface area contributed by atoms with Crippen molar-refractivity contribution in [1.29, 1.82) is 0 Å². The van der Waals surface area contributed by atoms with Crippen LogP contribution in [0.15, 0.2) is 27.8 Å². The van der Waals surface area contributed by atoms with Gasteiger partial charge in [0.15, 0.2) is 0 Å². The molecule has 0 unspecified atom stereocenters. The van der Waals surface area contributed by atoms with Crippen molar-refractivity contribution in [3.63, 3.8) is 0 Å². The highest BCUT2D eigenvalue weighted by molar-refractivity contribution is 9.10. The van der Waals surface area contributed by atoms with Gasteiger partial charge in [0.25, 0.3) is 0 Å². The fourth-order valence-electron chi connectivity index (χ4n) is 0.964. The highest BCUT2D eigenvalue weighted by atomic mass is 79.9. The Bertz CT molecular complexity index is 347. The number of nitrogens with zero attached hydrogens (tertiary/aromatic N) is 3. The molecule has 0 fully saturated rings. The fourth-order valence-corrected chi connectivity index (χ4v) is 1.31. The molecule has 13 heavy (non-hydrogen) atoms. The zero-order valence-electron chi connectivity index (χ0n) is 6.81. The molecule has 0 aliphatic rings. The topological polar surface area (TPSA) is 69.0 Å². The van der Waals surface area contributed by atoms with Gasteiger partial charge in [0.2, 0.25) is 0 Å². The van der Waals surface area contributed by atoms with Gasteiger partial charge in [-0.25, -0.2) is 0 Å². The second-order valence-electron chi connectivity index (χ2n) is 2.48. The first kappa shape index (κ1) is 9.89. The summed E-state index contributed by atoms with van der Waals surface area (Å²) in [5.74, 6) is 0.225. The molecule has 0 aliphatic heterocycles. The number of benzene rings is 1. The molecule has 0 aromatic heterocycles. The Hall–Kier alpha value is -1.19. The number of hydrogen-bond donors (Lipinski definition) is 1. The van der Waals surface area contributed by atoms with Gasteiger partial charge in [-0.3, -0.25) is 0 Å². The molecule has 0 spiro atoms. The van der Waals surface area contributed by atoms with Crippen molar-refractivity contribution in [2.45, 2.75) is 6.42 Å². The Balaban J connectivity index is 2.71. The minimum Gasteiger partial charge on any atom is -0.508 e. The van der Waals surface area contributed by atoms with E-state index in [-0.39, 0.29) is 5.75 Å². The van der Waals surface area contributed by atoms with Crippen molar-refractivity contribution in [3.8, 4) is 5.75 Å². The van der Waals surface area contributed by atoms with Gasteiger partial charge in [-0.05, 0) is 29.6 Å². The highest BCUT2D eigenvalue weighted by Crippen LogP contribution is 2.22. The molecule has 0 heterocycles. The van der Waals surface area contributed by atoms with E-state index in [0.29, 0.717) is 13.0 Å². The van der Waals surface area contributed by atoms with Crippen LogP contribution < -0.4 is 0 Å². The number of hydrogen-bond acceptors (Lipinski definition) is 2. The van der Waals surface area contributed by atoms with E-state index < -0.39 is 0 Å². The smallest absolute Gasteiger partial charge is 0.119 e. The first-order valence-electron chi connectivity index (χ1n) is 3.72. The van der Waals surface area contributed by atoms with Crippen LogP contribution >= 0.6 is 15.9 Å². The number of aromatic hydroxyl groups is 1. The second-order valence-corrected chi connectivity index (χ2v) is 3.39. The van der Waals surface area contributed by atoms with Gasteiger partial charge < -0.3 is 5.11 Å². The summed E-state index contributed by atoms with van der Waals surface area (Å²) in [5.41, 5.74) is 8.83. The molecule has 1 N–H and O–H groups in total. The van der Waals surface area contributed by atoms with Crippen molar-refractivity contribution in [2.75, 3.05) is 6.54 Å². The van der Waals surface area contributed by atoms with Gasteiger partial charge in [0.1, 0.15) is 5.75 Å². The number of phenolic OH excluding ortho intramolecular Hbond substituents is 1. The third kappa shape index (κ3) is 2.97. The van der Waals surface area contributed by atoms with Crippen LogP contribution in [0.25, 0.3) is 10.4 Å². The minimum atomic E-state index is 0.225. The molecule has 5 heteroatoms. The monoisotopic (exact) mass is 241 g/mol. The van der Waals surface area contributed by atoms with Crippen molar-refractivity contribution in [2.24, 2.45) is 5.11 Å². The van der Waals surface area contributed by atoms with Gasteiger partial charge in [-0.2, -0.15) is 0 Å². The largest absolute Gasteiger partial charge is 0.508 e. The normalized spacial score (nSPS) is 9.31. The Morgan fingerprint density at radius 1 is 1.54 bits per heavy atom. The summed E-state index contributed by atoms with van der Waals surface area (Å²) >= 11 is 3.24. The number of rotatable bonds is 3. The van der Waals surface area contributed by atoms with Gasteiger partial charge in [-0.1, -0.05) is 27.1 Å². The predicted octanol–water partition coefficient (Wildman–Crippen LogP) is 3.01. The van der Waals surface area contributed by atoms with Crippen molar-refractivity contribution in [3.05, 3.63) is 38.7 Å². The summed E-state index contributed by atoms with van der Waals surface area (Å²) in [6.07, 6.45) is 0.559. The van der Waals surface area contributed by atoms with Crippen molar-refractivity contribution >= 4 is 15.9 Å². The standard InChI is InChI=1S/C8H8BrN3O/c9-7-2-1-6(8(13)5-7)3-4-11-12-10/h1-2,5,13H,3-4H2. The Kier molecular flexibility index (Phi) is 3.61. The fraction of sp³-hybridized carbons (Fsp3) is 0.250. The molecule has 0 atom stereocenters. The van der Waals surface area contributed by atoms with Crippen molar-refractivity contribution < 1.29 is 5.11 Å². The minimum absolute atomic E-state index is 0.225. The maximum absolute atomic E-state index is 9.43. The first-order chi connectivity index (χ1) is 6.24. The molecule has 1 aromatic rings. The zero-order valence-corrected chi connectivity index (χ0v) is 8.40. The predicted molar refractivity (Wildman–Crippen MR) is 53.5 cm³/mol. The molecule has 0 saturated carbocycles. The summed E-state index contributed by atoms with van der Waals surface area (Å²) in [4.78, 5) is 2.63. The summed E-state index contributed by atoms with van der Waals surface area (Å²) in [5, 5.41) is 12.8. The van der Waals surface area contributed by atoms with Crippen LogP contribution in [0.4, 0.5) is 0 Å². The Morgan fingerprint density at radius 2 is 2.31 bits per heavy atom. The summed E-state index contributed by atoms with van der Waals surface area (Å²) in [6, 6.07) is 5.25. The quantitative estimate of drug-likeness (QED) is 0.494. The van der Waals surface area contributed by atoms with Crippen LogP contribution in [0.2, 0.25) is 0 Å². The average Bonchev–Trinajstić information content (AvgIpc) is 2.09. The van der Waals surface area contributed by atoms with E-state index in [1.165, 1.54) is 0 Å². The summed E-state index contributed by atoms with van der Waals surface area (Å²) in [7, 11) is 0. The highest BCUT2D eigenvalue weighted by Gasteiger charge is 1.99. The summed E-state index contributed by atoms with van der Waals surface area (Å²) < 4.78 is 0.831. The third-order valence-electron chi connectivity index (χ3n) is 1.59. The third-order valence-corrected chi connectivity index (χ3v) is 2.08. The number of halogens is 1. The maximum Gasteiger partial charge on any atom is 0.119 e. The number of phenols is 1. The van der Waals surface area contributed by atoms with E-state index in [1.807, 2.05) is 6.07 Å². The van der Waals surface area contributed by atoms with E-state index in [9.17, 15) is 5.11 Å². The molecule has 0 amide bonds.